The summed E-state index contributed by atoms with van der Waals surface area (Å²) in [6, 6.07) is -0.362. The van der Waals surface area contributed by atoms with Crippen molar-refractivity contribution in [1.29, 1.82) is 0 Å². The molecule has 0 aromatic carbocycles. The Morgan fingerprint density at radius 1 is 1.16 bits per heavy atom. The molecule has 9 heteroatoms. The van der Waals surface area contributed by atoms with Crippen LogP contribution in [0.1, 0.15) is 32.6 Å². The number of carbonyl (C=O) groups excluding carboxylic acids is 2. The molecule has 1 unspecified atom stereocenters. The summed E-state index contributed by atoms with van der Waals surface area (Å²) in [4.78, 5) is 36.0. The van der Waals surface area contributed by atoms with Crippen LogP contribution in [0.15, 0.2) is 0 Å². The third kappa shape index (κ3) is 10.8. The predicted molar refractivity (Wildman–Crippen MR) is 91.5 cm³/mol. The summed E-state index contributed by atoms with van der Waals surface area (Å²) in [5.74, 6) is -3.58. The van der Waals surface area contributed by atoms with E-state index in [1.807, 2.05) is 4.90 Å². The molecule has 0 aromatic heterocycles. The summed E-state index contributed by atoms with van der Waals surface area (Å²) >= 11 is 0. The highest BCUT2D eigenvalue weighted by molar-refractivity contribution is 5.84. The first kappa shape index (κ1) is 23.4. The number of rotatable bonds is 14. The van der Waals surface area contributed by atoms with Gasteiger partial charge in [0.15, 0.2) is 0 Å². The van der Waals surface area contributed by atoms with Gasteiger partial charge in [-0.15, -0.1) is 0 Å². The monoisotopic (exact) mass is 361 g/mol. The summed E-state index contributed by atoms with van der Waals surface area (Å²) < 4.78 is 0. The minimum Gasteiger partial charge on any atom is -0.481 e. The van der Waals surface area contributed by atoms with Gasteiger partial charge in [0.25, 0.3) is 0 Å². The van der Waals surface area contributed by atoms with E-state index in [-0.39, 0.29) is 37.0 Å². The number of Topliss-reactive ketones (excluding diaryl/α,β-unsaturated/α-hetero) is 1. The first-order valence-electron chi connectivity index (χ1n) is 8.32. The Morgan fingerprint density at radius 3 is 2.20 bits per heavy atom. The van der Waals surface area contributed by atoms with Crippen molar-refractivity contribution in [3.63, 3.8) is 0 Å². The Morgan fingerprint density at radius 2 is 1.76 bits per heavy atom. The summed E-state index contributed by atoms with van der Waals surface area (Å²) in [5, 5.41) is 27.3. The standard InChI is InChI=1S/C16H31N3O6/c1-10(21)14(17)3-4-19(2)8-11(6-15(18)23)5-13(22)7-12(9-20)16(24)25/h10-12,14,20-21H,3-9,17H2,1-2H3,(H2,18,23)(H,24,25)/t10?,11-,12-,14+/m0/s1. The zero-order chi connectivity index (χ0) is 19.6. The Kier molecular flexibility index (Phi) is 11.2. The van der Waals surface area contributed by atoms with E-state index in [1.165, 1.54) is 0 Å². The van der Waals surface area contributed by atoms with E-state index in [1.54, 1.807) is 14.0 Å². The van der Waals surface area contributed by atoms with Crippen molar-refractivity contribution < 1.29 is 29.7 Å². The topological polar surface area (TPSA) is 167 Å². The number of carboxylic acid groups (broad SMARTS) is 1. The van der Waals surface area contributed by atoms with Gasteiger partial charge < -0.3 is 31.7 Å². The normalized spacial score (nSPS) is 16.2. The average molecular weight is 361 g/mol. The van der Waals surface area contributed by atoms with Crippen molar-refractivity contribution in [3.8, 4) is 0 Å². The highest BCUT2D eigenvalue weighted by atomic mass is 16.4. The molecule has 0 saturated heterocycles. The lowest BCUT2D eigenvalue weighted by Gasteiger charge is -2.25. The van der Waals surface area contributed by atoms with E-state index in [0.29, 0.717) is 19.5 Å². The van der Waals surface area contributed by atoms with E-state index in [0.717, 1.165) is 0 Å². The van der Waals surface area contributed by atoms with Gasteiger partial charge in [-0.1, -0.05) is 0 Å². The lowest BCUT2D eigenvalue weighted by atomic mass is 9.93. The molecule has 0 radical (unpaired) electrons. The molecule has 0 saturated carbocycles. The number of aliphatic hydroxyl groups is 2. The molecule has 0 aromatic rings. The van der Waals surface area contributed by atoms with Gasteiger partial charge in [0.05, 0.1) is 18.6 Å². The Balaban J connectivity index is 4.60. The SMILES string of the molecule is CC(O)[C@H](N)CCN(C)C[C@H](CC(N)=O)CC(=O)C[C@@H](CO)C(=O)O. The Bertz CT molecular complexity index is 444. The van der Waals surface area contributed by atoms with E-state index in [2.05, 4.69) is 0 Å². The van der Waals surface area contributed by atoms with Gasteiger partial charge in [-0.25, -0.2) is 0 Å². The molecule has 1 amide bonds. The van der Waals surface area contributed by atoms with Crippen molar-refractivity contribution >= 4 is 17.7 Å². The minimum absolute atomic E-state index is 0.00932. The Labute approximate surface area is 148 Å². The second kappa shape index (κ2) is 11.9. The van der Waals surface area contributed by atoms with E-state index >= 15 is 0 Å². The van der Waals surface area contributed by atoms with Crippen LogP contribution in [-0.2, 0) is 14.4 Å². The Hall–Kier alpha value is -1.55. The molecule has 4 atom stereocenters. The second-order valence-electron chi connectivity index (χ2n) is 6.66. The van der Waals surface area contributed by atoms with E-state index in [4.69, 9.17) is 21.7 Å². The van der Waals surface area contributed by atoms with Gasteiger partial charge in [0.2, 0.25) is 5.91 Å². The van der Waals surface area contributed by atoms with Crippen LogP contribution in [0.3, 0.4) is 0 Å². The molecular formula is C16H31N3O6. The summed E-state index contributed by atoms with van der Waals surface area (Å²) in [5.41, 5.74) is 11.0. The van der Waals surface area contributed by atoms with Crippen LogP contribution in [0.4, 0.5) is 0 Å². The fourth-order valence-electron chi connectivity index (χ4n) is 2.54. The number of carbonyl (C=O) groups is 3. The van der Waals surface area contributed by atoms with Gasteiger partial charge in [-0.3, -0.25) is 14.4 Å². The first-order valence-corrected chi connectivity index (χ1v) is 8.32. The number of aliphatic hydroxyl groups excluding tert-OH is 2. The predicted octanol–water partition coefficient (Wildman–Crippen LogP) is -1.45. The van der Waals surface area contributed by atoms with Crippen LogP contribution in [0.5, 0.6) is 0 Å². The number of nitrogens with two attached hydrogens (primary N) is 2. The number of hydrogen-bond donors (Lipinski definition) is 5. The molecule has 25 heavy (non-hydrogen) atoms. The largest absolute Gasteiger partial charge is 0.481 e. The van der Waals surface area contributed by atoms with Crippen molar-refractivity contribution in [2.75, 3.05) is 26.7 Å². The highest BCUT2D eigenvalue weighted by Gasteiger charge is 2.24. The van der Waals surface area contributed by atoms with E-state index < -0.39 is 30.5 Å². The molecule has 0 bridgehead atoms. The molecule has 0 heterocycles. The number of nitrogens with zero attached hydrogens (tertiary/aromatic N) is 1. The molecule has 0 fully saturated rings. The zero-order valence-electron chi connectivity index (χ0n) is 14.9. The average Bonchev–Trinajstić information content (AvgIpc) is 2.48. The smallest absolute Gasteiger partial charge is 0.309 e. The lowest BCUT2D eigenvalue weighted by molar-refractivity contribution is -0.145. The molecule has 0 aliphatic rings. The lowest BCUT2D eigenvalue weighted by Crippen LogP contribution is -2.38. The summed E-state index contributed by atoms with van der Waals surface area (Å²) in [6.07, 6.45) is -0.327. The third-order valence-corrected chi connectivity index (χ3v) is 4.08. The molecule has 0 rings (SSSR count). The van der Waals surface area contributed by atoms with Crippen molar-refractivity contribution in [2.45, 2.75) is 44.8 Å². The molecular weight excluding hydrogens is 330 g/mol. The quantitative estimate of drug-likeness (QED) is 0.250. The molecule has 7 N–H and O–H groups in total. The van der Waals surface area contributed by atoms with Crippen LogP contribution >= 0.6 is 0 Å². The molecule has 9 nitrogen and oxygen atoms in total. The molecule has 0 spiro atoms. The maximum atomic E-state index is 12.0. The van der Waals surface area contributed by atoms with Gasteiger partial charge in [0, 0.05) is 31.8 Å². The molecule has 0 aliphatic carbocycles. The van der Waals surface area contributed by atoms with Crippen molar-refractivity contribution in [1.82, 2.24) is 4.90 Å². The van der Waals surface area contributed by atoms with Crippen molar-refractivity contribution in [2.24, 2.45) is 23.3 Å². The highest BCUT2D eigenvalue weighted by Crippen LogP contribution is 2.15. The maximum Gasteiger partial charge on any atom is 0.309 e. The number of amides is 1. The van der Waals surface area contributed by atoms with Gasteiger partial charge in [-0.2, -0.15) is 0 Å². The van der Waals surface area contributed by atoms with Crippen LogP contribution in [0.25, 0.3) is 0 Å². The zero-order valence-corrected chi connectivity index (χ0v) is 14.9. The van der Waals surface area contributed by atoms with Gasteiger partial charge in [0.1, 0.15) is 5.78 Å². The van der Waals surface area contributed by atoms with Crippen molar-refractivity contribution in [3.05, 3.63) is 0 Å². The van der Waals surface area contributed by atoms with Crippen LogP contribution in [0, 0.1) is 11.8 Å². The fourth-order valence-corrected chi connectivity index (χ4v) is 2.54. The molecule has 0 aliphatic heterocycles. The maximum absolute atomic E-state index is 12.0. The third-order valence-electron chi connectivity index (χ3n) is 4.08. The fraction of sp³-hybridized carbons (Fsp3) is 0.812. The number of aliphatic carboxylic acids is 1. The van der Waals surface area contributed by atoms with E-state index in [9.17, 15) is 19.5 Å². The summed E-state index contributed by atoms with van der Waals surface area (Å²) in [7, 11) is 1.81. The number of hydrogen-bond acceptors (Lipinski definition) is 7. The van der Waals surface area contributed by atoms with Crippen LogP contribution in [0.2, 0.25) is 0 Å². The minimum atomic E-state index is -1.23. The molecule has 146 valence electrons. The van der Waals surface area contributed by atoms with Gasteiger partial charge in [-0.05, 0) is 32.9 Å². The number of primary amides is 1. The van der Waals surface area contributed by atoms with Crippen LogP contribution in [-0.4, -0.2) is 76.8 Å². The number of carboxylic acids is 1. The van der Waals surface area contributed by atoms with Crippen LogP contribution < -0.4 is 11.5 Å². The summed E-state index contributed by atoms with van der Waals surface area (Å²) in [6.45, 7) is 1.99. The number of ketones is 1. The second-order valence-corrected chi connectivity index (χ2v) is 6.66. The first-order chi connectivity index (χ1) is 11.6. The van der Waals surface area contributed by atoms with Gasteiger partial charge >= 0.3 is 5.97 Å².